The molecule has 0 atom stereocenters. The minimum atomic E-state index is 0.439. The van der Waals surface area contributed by atoms with E-state index < -0.39 is 0 Å². The highest BCUT2D eigenvalue weighted by molar-refractivity contribution is 5.99. The summed E-state index contributed by atoms with van der Waals surface area (Å²) in [5.41, 5.74) is 4.25. The lowest BCUT2D eigenvalue weighted by Crippen LogP contribution is -2.00. The van der Waals surface area contributed by atoms with Crippen LogP contribution < -0.4 is 0 Å². The van der Waals surface area contributed by atoms with Crippen LogP contribution in [0.5, 0.6) is 0 Å². The van der Waals surface area contributed by atoms with E-state index in [-0.39, 0.29) is 0 Å². The highest BCUT2D eigenvalue weighted by Crippen LogP contribution is 2.11. The van der Waals surface area contributed by atoms with Gasteiger partial charge in [0.1, 0.15) is 6.61 Å². The summed E-state index contributed by atoms with van der Waals surface area (Å²) in [6, 6.07) is 7.18. The molecule has 1 radical (unpaired) electrons. The zero-order valence-electron chi connectivity index (χ0n) is 9.50. The van der Waals surface area contributed by atoms with Gasteiger partial charge in [-0.3, -0.25) is 0 Å². The minimum absolute atomic E-state index is 0.439. The van der Waals surface area contributed by atoms with Crippen molar-refractivity contribution < 1.29 is 4.84 Å². The van der Waals surface area contributed by atoms with Crippen LogP contribution in [0.1, 0.15) is 23.6 Å². The average molecular weight is 202 g/mol. The van der Waals surface area contributed by atoms with Crippen molar-refractivity contribution in [1.29, 1.82) is 0 Å². The molecule has 0 amide bonds. The van der Waals surface area contributed by atoms with Crippen molar-refractivity contribution in [3.05, 3.63) is 47.5 Å². The summed E-state index contributed by atoms with van der Waals surface area (Å²) in [5, 5.41) is 4.02. The first kappa shape index (κ1) is 11.5. The molecule has 1 rings (SSSR count). The molecule has 2 heteroatoms. The fraction of sp³-hybridized carbons (Fsp3) is 0.308. The van der Waals surface area contributed by atoms with Gasteiger partial charge in [-0.05, 0) is 44.0 Å². The summed E-state index contributed by atoms with van der Waals surface area (Å²) in [6.45, 7) is 9.99. The van der Waals surface area contributed by atoms with E-state index in [4.69, 9.17) is 4.84 Å². The molecule has 0 aliphatic carbocycles. The maximum Gasteiger partial charge on any atom is 0.135 e. The number of nitrogens with zero attached hydrogens (tertiary/aromatic N) is 1. The number of hydrogen-bond donors (Lipinski definition) is 0. The Balaban J connectivity index is 2.89. The van der Waals surface area contributed by atoms with Gasteiger partial charge in [-0.25, -0.2) is 0 Å². The zero-order chi connectivity index (χ0) is 11.3. The Morgan fingerprint density at radius 1 is 1.60 bits per heavy atom. The van der Waals surface area contributed by atoms with E-state index in [1.54, 1.807) is 6.08 Å². The van der Waals surface area contributed by atoms with Crippen molar-refractivity contribution in [2.75, 3.05) is 6.61 Å². The fourth-order valence-corrected chi connectivity index (χ4v) is 1.30. The molecule has 0 unspecified atom stereocenters. The van der Waals surface area contributed by atoms with Gasteiger partial charge in [-0.2, -0.15) is 0 Å². The second-order valence-corrected chi connectivity index (χ2v) is 3.47. The molecule has 0 saturated carbocycles. The van der Waals surface area contributed by atoms with Crippen molar-refractivity contribution >= 4 is 5.71 Å². The highest BCUT2D eigenvalue weighted by Gasteiger charge is 2.02. The first-order valence-electron chi connectivity index (χ1n) is 4.92. The van der Waals surface area contributed by atoms with Crippen LogP contribution in [-0.4, -0.2) is 12.3 Å². The quantitative estimate of drug-likeness (QED) is 0.318. The molecule has 1 aromatic carbocycles. The topological polar surface area (TPSA) is 21.6 Å². The summed E-state index contributed by atoms with van der Waals surface area (Å²) in [5.74, 6) is 0. The molecular formula is C13H16NO. The van der Waals surface area contributed by atoms with Crippen LogP contribution in [0.15, 0.2) is 29.9 Å². The van der Waals surface area contributed by atoms with Gasteiger partial charge in [0.2, 0.25) is 0 Å². The van der Waals surface area contributed by atoms with Gasteiger partial charge in [0.05, 0.1) is 5.71 Å². The third kappa shape index (κ3) is 3.24. The predicted molar refractivity (Wildman–Crippen MR) is 63.1 cm³/mol. The Morgan fingerprint density at radius 3 is 3.00 bits per heavy atom. The van der Waals surface area contributed by atoms with E-state index in [0.29, 0.717) is 6.61 Å². The van der Waals surface area contributed by atoms with Crippen molar-refractivity contribution in [3.8, 4) is 0 Å². The minimum Gasteiger partial charge on any atom is -0.391 e. The average Bonchev–Trinajstić information content (AvgIpc) is 2.22. The Kier molecular flexibility index (Phi) is 4.10. The van der Waals surface area contributed by atoms with Crippen LogP contribution in [0, 0.1) is 19.9 Å². The van der Waals surface area contributed by atoms with E-state index in [0.717, 1.165) is 22.4 Å². The summed E-state index contributed by atoms with van der Waals surface area (Å²) in [4.78, 5) is 5.05. The standard InChI is InChI=1S/C13H16NO/c1-5-8-15-14-12(4)13-9-10(2)6-7-11(13)3/h5,7,9H,1,8H2,2-4H3. The van der Waals surface area contributed by atoms with Gasteiger partial charge in [0, 0.05) is 5.56 Å². The summed E-state index contributed by atoms with van der Waals surface area (Å²) in [6.07, 6.45) is 1.67. The number of hydrogen-bond acceptors (Lipinski definition) is 2. The SMILES string of the molecule is C=CCON=C(C)c1cc(C)[c]cc1C. The van der Waals surface area contributed by atoms with Crippen LogP contribution in [0.4, 0.5) is 0 Å². The van der Waals surface area contributed by atoms with Crippen molar-refractivity contribution in [1.82, 2.24) is 0 Å². The second-order valence-electron chi connectivity index (χ2n) is 3.47. The molecule has 0 aliphatic rings. The molecule has 0 aromatic heterocycles. The maximum atomic E-state index is 5.05. The van der Waals surface area contributed by atoms with Crippen LogP contribution in [0.2, 0.25) is 0 Å². The lowest BCUT2D eigenvalue weighted by molar-refractivity contribution is 0.175. The number of rotatable bonds is 4. The molecule has 0 N–H and O–H groups in total. The van der Waals surface area contributed by atoms with Crippen LogP contribution in [0.25, 0.3) is 0 Å². The Bertz CT molecular complexity index is 380. The molecule has 15 heavy (non-hydrogen) atoms. The largest absolute Gasteiger partial charge is 0.391 e. The van der Waals surface area contributed by atoms with Gasteiger partial charge < -0.3 is 4.84 Å². The summed E-state index contributed by atoms with van der Waals surface area (Å²) >= 11 is 0. The lowest BCUT2D eigenvalue weighted by Gasteiger charge is -2.05. The van der Waals surface area contributed by atoms with E-state index in [9.17, 15) is 0 Å². The molecule has 0 fully saturated rings. The van der Waals surface area contributed by atoms with Gasteiger partial charge in [-0.15, -0.1) is 0 Å². The normalized spacial score (nSPS) is 11.3. The van der Waals surface area contributed by atoms with Crippen molar-refractivity contribution in [2.24, 2.45) is 5.16 Å². The smallest absolute Gasteiger partial charge is 0.135 e. The van der Waals surface area contributed by atoms with E-state index in [1.807, 2.05) is 26.8 Å². The molecule has 0 spiro atoms. The van der Waals surface area contributed by atoms with E-state index in [2.05, 4.69) is 23.9 Å². The van der Waals surface area contributed by atoms with Crippen LogP contribution >= 0.6 is 0 Å². The summed E-state index contributed by atoms with van der Waals surface area (Å²) < 4.78 is 0. The molecule has 1 aromatic rings. The van der Waals surface area contributed by atoms with Gasteiger partial charge in [0.25, 0.3) is 0 Å². The third-order valence-corrected chi connectivity index (χ3v) is 2.09. The Labute approximate surface area is 91.3 Å². The highest BCUT2D eigenvalue weighted by atomic mass is 16.6. The number of aryl methyl sites for hydroxylation is 2. The first-order chi connectivity index (χ1) is 7.15. The molecule has 0 aliphatic heterocycles. The van der Waals surface area contributed by atoms with Gasteiger partial charge in [0.15, 0.2) is 0 Å². The van der Waals surface area contributed by atoms with Gasteiger partial charge >= 0.3 is 0 Å². The number of oxime groups is 1. The van der Waals surface area contributed by atoms with Crippen molar-refractivity contribution in [3.63, 3.8) is 0 Å². The molecule has 79 valence electrons. The number of benzene rings is 1. The Morgan fingerprint density at radius 2 is 2.33 bits per heavy atom. The summed E-state index contributed by atoms with van der Waals surface area (Å²) in [7, 11) is 0. The predicted octanol–water partition coefficient (Wildman–Crippen LogP) is 3.03. The molecule has 0 saturated heterocycles. The monoisotopic (exact) mass is 202 g/mol. The van der Waals surface area contributed by atoms with Gasteiger partial charge in [-0.1, -0.05) is 23.9 Å². The van der Waals surface area contributed by atoms with Crippen molar-refractivity contribution in [2.45, 2.75) is 20.8 Å². The molecule has 2 nitrogen and oxygen atoms in total. The molecule has 0 heterocycles. The second kappa shape index (κ2) is 5.35. The third-order valence-electron chi connectivity index (χ3n) is 2.09. The van der Waals surface area contributed by atoms with E-state index >= 15 is 0 Å². The Hall–Kier alpha value is -1.57. The fourth-order valence-electron chi connectivity index (χ4n) is 1.30. The van der Waals surface area contributed by atoms with E-state index in [1.165, 1.54) is 0 Å². The lowest BCUT2D eigenvalue weighted by atomic mass is 10.0. The van der Waals surface area contributed by atoms with Crippen LogP contribution in [-0.2, 0) is 4.84 Å². The van der Waals surface area contributed by atoms with Crippen LogP contribution in [0.3, 0.4) is 0 Å². The zero-order valence-corrected chi connectivity index (χ0v) is 9.50. The molecule has 0 bridgehead atoms. The molecular weight excluding hydrogens is 186 g/mol. The first-order valence-corrected chi connectivity index (χ1v) is 4.92. The maximum absolute atomic E-state index is 5.05.